The minimum atomic E-state index is -3.14. The molecule has 0 saturated heterocycles. The Balaban J connectivity index is 2.42. The van der Waals surface area contributed by atoms with Crippen LogP contribution in [0.4, 0.5) is 5.69 Å². The van der Waals surface area contributed by atoms with Crippen molar-refractivity contribution >= 4 is 15.7 Å². The van der Waals surface area contributed by atoms with Gasteiger partial charge in [0.05, 0.1) is 11.2 Å². The molecule has 0 saturated carbocycles. The monoisotopic (exact) mass is 329 g/mol. The molecule has 1 N–H and O–H groups in total. The molecule has 7 nitrogen and oxygen atoms in total. The molecule has 0 heterocycles. The Morgan fingerprint density at radius 3 is 2.59 bits per heavy atom. The summed E-state index contributed by atoms with van der Waals surface area (Å²) in [5, 5.41) is 14.0. The van der Waals surface area contributed by atoms with Crippen LogP contribution in [0.3, 0.4) is 0 Å². The normalized spacial score (nSPS) is 11.8. The summed E-state index contributed by atoms with van der Waals surface area (Å²) < 4.78 is 24.3. The van der Waals surface area contributed by atoms with Crippen molar-refractivity contribution in [3.63, 3.8) is 0 Å². The van der Waals surface area contributed by atoms with E-state index in [0.29, 0.717) is 38.2 Å². The van der Waals surface area contributed by atoms with Gasteiger partial charge in [0.15, 0.2) is 0 Å². The number of rotatable bonds is 9. The Hall–Kier alpha value is -1.51. The van der Waals surface area contributed by atoms with E-state index in [1.807, 2.05) is 6.07 Å². The van der Waals surface area contributed by atoms with Gasteiger partial charge in [-0.05, 0) is 25.5 Å². The Kier molecular flexibility index (Phi) is 6.92. The van der Waals surface area contributed by atoms with E-state index in [1.54, 1.807) is 26.0 Å². The summed E-state index contributed by atoms with van der Waals surface area (Å²) in [4.78, 5) is 10.5. The summed E-state index contributed by atoms with van der Waals surface area (Å²) in [5.41, 5.74) is 1.60. The molecule has 22 heavy (non-hydrogen) atoms. The summed E-state index contributed by atoms with van der Waals surface area (Å²) in [7, 11) is -3.14. The van der Waals surface area contributed by atoms with Gasteiger partial charge in [-0.3, -0.25) is 10.1 Å². The van der Waals surface area contributed by atoms with Crippen LogP contribution < -0.4 is 5.32 Å². The third-order valence-electron chi connectivity index (χ3n) is 3.38. The first-order valence-electron chi connectivity index (χ1n) is 7.15. The van der Waals surface area contributed by atoms with Gasteiger partial charge >= 0.3 is 0 Å². The number of benzene rings is 1. The smallest absolute Gasteiger partial charge is 0.272 e. The van der Waals surface area contributed by atoms with Gasteiger partial charge in [0.1, 0.15) is 0 Å². The highest BCUT2D eigenvalue weighted by Crippen LogP contribution is 2.19. The Bertz CT molecular complexity index is 617. The molecular formula is C14H23N3O4S. The zero-order valence-corrected chi connectivity index (χ0v) is 14.0. The first-order chi connectivity index (χ1) is 10.3. The molecule has 1 aromatic rings. The van der Waals surface area contributed by atoms with Gasteiger partial charge in [-0.2, -0.15) is 0 Å². The van der Waals surface area contributed by atoms with Crippen LogP contribution in [0, 0.1) is 17.0 Å². The number of nitro benzene ring substituents is 1. The molecule has 1 aromatic carbocycles. The number of aryl methyl sites for hydroxylation is 1. The Labute approximate surface area is 131 Å². The molecule has 0 amide bonds. The topological polar surface area (TPSA) is 92.5 Å². The largest absolute Gasteiger partial charge is 0.313 e. The number of nitrogens with one attached hydrogen (secondary N) is 1. The molecule has 8 heteroatoms. The molecule has 0 aliphatic heterocycles. The molecule has 0 unspecified atom stereocenters. The van der Waals surface area contributed by atoms with Crippen molar-refractivity contribution < 1.29 is 13.3 Å². The van der Waals surface area contributed by atoms with Crippen LogP contribution >= 0.6 is 0 Å². The van der Waals surface area contributed by atoms with Gasteiger partial charge < -0.3 is 5.32 Å². The fourth-order valence-corrected chi connectivity index (χ4v) is 3.06. The van der Waals surface area contributed by atoms with E-state index in [-0.39, 0.29) is 10.6 Å². The maximum absolute atomic E-state index is 11.4. The molecule has 0 fully saturated rings. The minimum Gasteiger partial charge on any atom is -0.313 e. The lowest BCUT2D eigenvalue weighted by molar-refractivity contribution is -0.385. The first kappa shape index (κ1) is 18.5. The van der Waals surface area contributed by atoms with Crippen LogP contribution in [-0.4, -0.2) is 43.5 Å². The van der Waals surface area contributed by atoms with Crippen molar-refractivity contribution in [3.05, 3.63) is 39.4 Å². The van der Waals surface area contributed by atoms with Crippen molar-refractivity contribution in [2.24, 2.45) is 0 Å². The second kappa shape index (κ2) is 8.21. The predicted octanol–water partition coefficient (Wildman–Crippen LogP) is 1.66. The number of nitrogens with zero attached hydrogens (tertiary/aromatic N) is 2. The third-order valence-corrected chi connectivity index (χ3v) is 4.76. The average molecular weight is 329 g/mol. The summed E-state index contributed by atoms with van der Waals surface area (Å²) in [5.74, 6) is 0. The molecular weight excluding hydrogens is 306 g/mol. The number of hydrogen-bond donors (Lipinski definition) is 1. The molecule has 0 atom stereocenters. The molecule has 124 valence electrons. The molecule has 0 spiro atoms. The van der Waals surface area contributed by atoms with E-state index in [0.717, 1.165) is 5.56 Å². The first-order valence-corrected chi connectivity index (χ1v) is 9.00. The van der Waals surface area contributed by atoms with E-state index < -0.39 is 10.0 Å². The van der Waals surface area contributed by atoms with Crippen LogP contribution in [0.1, 0.15) is 24.5 Å². The molecule has 0 aliphatic rings. The van der Waals surface area contributed by atoms with Crippen LogP contribution in [-0.2, 0) is 16.6 Å². The highest BCUT2D eigenvalue weighted by molar-refractivity contribution is 7.88. The zero-order chi connectivity index (χ0) is 16.8. The van der Waals surface area contributed by atoms with Crippen molar-refractivity contribution in [3.8, 4) is 0 Å². The Morgan fingerprint density at radius 1 is 1.36 bits per heavy atom. The number of hydrogen-bond acceptors (Lipinski definition) is 5. The average Bonchev–Trinajstić information content (AvgIpc) is 2.42. The lowest BCUT2D eigenvalue weighted by atomic mass is 10.1. The van der Waals surface area contributed by atoms with Crippen molar-refractivity contribution in [2.45, 2.75) is 26.8 Å². The highest BCUT2D eigenvalue weighted by Gasteiger charge is 2.13. The molecule has 0 radical (unpaired) electrons. The van der Waals surface area contributed by atoms with Gasteiger partial charge in [0.25, 0.3) is 5.69 Å². The van der Waals surface area contributed by atoms with E-state index in [4.69, 9.17) is 0 Å². The summed E-state index contributed by atoms with van der Waals surface area (Å²) >= 11 is 0. The van der Waals surface area contributed by atoms with Crippen LogP contribution in [0.15, 0.2) is 18.2 Å². The lowest BCUT2D eigenvalue weighted by Crippen LogP contribution is -2.32. The maximum atomic E-state index is 11.4. The number of sulfonamides is 1. The molecule has 0 aliphatic carbocycles. The summed E-state index contributed by atoms with van der Waals surface area (Å²) in [6, 6.07) is 5.15. The van der Waals surface area contributed by atoms with Crippen LogP contribution in [0.25, 0.3) is 0 Å². The standard InChI is InChI=1S/C14H23N3O4S/c1-4-16(22(3,20)21)9-5-8-15-11-13-7-6-12(2)14(10-13)17(18)19/h6-7,10,15H,4-5,8-9,11H2,1-3H3. The molecule has 0 bridgehead atoms. The predicted molar refractivity (Wildman–Crippen MR) is 86.2 cm³/mol. The second-order valence-electron chi connectivity index (χ2n) is 5.16. The summed E-state index contributed by atoms with van der Waals surface area (Å²) in [6.45, 7) is 5.61. The van der Waals surface area contributed by atoms with E-state index >= 15 is 0 Å². The minimum absolute atomic E-state index is 0.119. The second-order valence-corrected chi connectivity index (χ2v) is 7.15. The van der Waals surface area contributed by atoms with E-state index in [1.165, 1.54) is 10.6 Å². The van der Waals surface area contributed by atoms with Gasteiger partial charge in [0.2, 0.25) is 10.0 Å². The van der Waals surface area contributed by atoms with Crippen molar-refractivity contribution in [1.29, 1.82) is 0 Å². The van der Waals surface area contributed by atoms with Crippen LogP contribution in [0.2, 0.25) is 0 Å². The van der Waals surface area contributed by atoms with Gasteiger partial charge in [-0.25, -0.2) is 12.7 Å². The highest BCUT2D eigenvalue weighted by atomic mass is 32.2. The Morgan fingerprint density at radius 2 is 2.05 bits per heavy atom. The molecule has 0 aromatic heterocycles. The van der Waals surface area contributed by atoms with Crippen molar-refractivity contribution in [1.82, 2.24) is 9.62 Å². The number of nitro groups is 1. The SMILES string of the molecule is CCN(CCCNCc1ccc(C)c([N+](=O)[O-])c1)S(C)(=O)=O. The van der Waals surface area contributed by atoms with Gasteiger partial charge in [-0.1, -0.05) is 19.1 Å². The quantitative estimate of drug-likeness (QED) is 0.422. The zero-order valence-electron chi connectivity index (χ0n) is 13.2. The maximum Gasteiger partial charge on any atom is 0.272 e. The van der Waals surface area contributed by atoms with Gasteiger partial charge in [0, 0.05) is 31.3 Å². The van der Waals surface area contributed by atoms with Crippen molar-refractivity contribution in [2.75, 3.05) is 25.9 Å². The lowest BCUT2D eigenvalue weighted by Gasteiger charge is -2.17. The van der Waals surface area contributed by atoms with E-state index in [9.17, 15) is 18.5 Å². The fraction of sp³-hybridized carbons (Fsp3) is 0.571. The van der Waals surface area contributed by atoms with Crippen LogP contribution in [0.5, 0.6) is 0 Å². The molecule has 1 rings (SSSR count). The summed E-state index contributed by atoms with van der Waals surface area (Å²) in [6.07, 6.45) is 1.89. The third kappa shape index (κ3) is 5.70. The van der Waals surface area contributed by atoms with E-state index in [2.05, 4.69) is 5.32 Å². The fourth-order valence-electron chi connectivity index (χ4n) is 2.13. The van der Waals surface area contributed by atoms with Gasteiger partial charge in [-0.15, -0.1) is 0 Å².